The molecule has 2 rings (SSSR count). The largest absolute Gasteiger partial charge is 0.363 e. The first-order chi connectivity index (χ1) is 10.6. The van der Waals surface area contributed by atoms with E-state index in [2.05, 4.69) is 20.8 Å². The van der Waals surface area contributed by atoms with Gasteiger partial charge in [-0.15, -0.1) is 10.2 Å². The van der Waals surface area contributed by atoms with Gasteiger partial charge in [-0.1, -0.05) is 34.9 Å². The minimum absolute atomic E-state index is 0.194. The third-order valence-corrected chi connectivity index (χ3v) is 5.11. The number of aromatic nitrogens is 2. The van der Waals surface area contributed by atoms with E-state index in [1.54, 1.807) is 31.3 Å². The topological polar surface area (TPSA) is 66.9 Å². The van der Waals surface area contributed by atoms with E-state index >= 15 is 0 Å². The average molecular weight is 362 g/mol. The molecule has 22 heavy (non-hydrogen) atoms. The molecular weight excluding hydrogens is 350 g/mol. The summed E-state index contributed by atoms with van der Waals surface area (Å²) in [6.07, 6.45) is 0. The van der Waals surface area contributed by atoms with E-state index in [4.69, 9.17) is 0 Å². The Kier molecular flexibility index (Phi) is 6.40. The number of thioether (sulfide) groups is 2. The van der Waals surface area contributed by atoms with Crippen LogP contribution in [0, 0.1) is 0 Å². The summed E-state index contributed by atoms with van der Waals surface area (Å²) < 4.78 is 25.1. The lowest BCUT2D eigenvalue weighted by atomic mass is 10.3. The first kappa shape index (κ1) is 17.0. The van der Waals surface area contributed by atoms with E-state index < -0.39 is 5.76 Å². The van der Waals surface area contributed by atoms with Gasteiger partial charge in [0.1, 0.15) is 0 Å². The summed E-state index contributed by atoms with van der Waals surface area (Å²) in [4.78, 5) is 12.3. The van der Waals surface area contributed by atoms with Crippen LogP contribution in [-0.4, -0.2) is 34.7 Å². The van der Waals surface area contributed by atoms with Crippen molar-refractivity contribution in [1.82, 2.24) is 10.2 Å². The Bertz CT molecular complexity index is 621. The third-order valence-electron chi connectivity index (χ3n) is 2.31. The van der Waals surface area contributed by atoms with Crippen LogP contribution in [0.3, 0.4) is 0 Å². The van der Waals surface area contributed by atoms with Crippen molar-refractivity contribution in [2.75, 3.05) is 23.4 Å². The molecule has 0 spiro atoms. The standard InChI is InChI=1S/C12H12F2N4OS3/c1-15-11-17-18-12(22-11)20-6-9(19)16-7-2-4-8(5-3-7)21-10(13)14/h2-5,10H,6H2,1H3,(H,15,17)(H,16,19). The van der Waals surface area contributed by atoms with Crippen LogP contribution in [0.2, 0.25) is 0 Å². The molecular formula is C12H12F2N4OS3. The van der Waals surface area contributed by atoms with Crippen molar-refractivity contribution >= 4 is 51.6 Å². The van der Waals surface area contributed by atoms with E-state index in [0.29, 0.717) is 31.8 Å². The fourth-order valence-corrected chi connectivity index (χ4v) is 3.42. The maximum Gasteiger partial charge on any atom is 0.288 e. The SMILES string of the molecule is CNc1nnc(SCC(=O)Nc2ccc(SC(F)F)cc2)s1. The van der Waals surface area contributed by atoms with Gasteiger partial charge in [-0.2, -0.15) is 8.78 Å². The fraction of sp³-hybridized carbons (Fsp3) is 0.250. The second-order valence-electron chi connectivity index (χ2n) is 3.86. The Morgan fingerprint density at radius 2 is 2.05 bits per heavy atom. The normalized spacial score (nSPS) is 10.7. The minimum atomic E-state index is -2.45. The highest BCUT2D eigenvalue weighted by Gasteiger charge is 2.09. The molecule has 5 nitrogen and oxygen atoms in total. The van der Waals surface area contributed by atoms with E-state index in [0.717, 1.165) is 0 Å². The molecule has 2 N–H and O–H groups in total. The maximum atomic E-state index is 12.2. The van der Waals surface area contributed by atoms with Crippen LogP contribution < -0.4 is 10.6 Å². The molecule has 0 saturated carbocycles. The molecule has 10 heteroatoms. The van der Waals surface area contributed by atoms with Gasteiger partial charge in [0.15, 0.2) is 4.34 Å². The summed E-state index contributed by atoms with van der Waals surface area (Å²) in [6, 6.07) is 6.28. The lowest BCUT2D eigenvalue weighted by molar-refractivity contribution is -0.113. The molecule has 0 aliphatic rings. The lowest BCUT2D eigenvalue weighted by Crippen LogP contribution is -2.13. The molecule has 1 heterocycles. The summed E-state index contributed by atoms with van der Waals surface area (Å²) >= 11 is 3.12. The number of nitrogens with one attached hydrogen (secondary N) is 2. The van der Waals surface area contributed by atoms with Crippen molar-refractivity contribution in [1.29, 1.82) is 0 Å². The summed E-state index contributed by atoms with van der Waals surface area (Å²) in [5.74, 6) is -2.45. The molecule has 0 aliphatic heterocycles. The van der Waals surface area contributed by atoms with Crippen LogP contribution in [0.5, 0.6) is 0 Å². The highest BCUT2D eigenvalue weighted by molar-refractivity contribution is 8.01. The summed E-state index contributed by atoms with van der Waals surface area (Å²) in [7, 11) is 1.75. The fourth-order valence-electron chi connectivity index (χ4n) is 1.41. The highest BCUT2D eigenvalue weighted by atomic mass is 32.2. The summed E-state index contributed by atoms with van der Waals surface area (Å²) in [5, 5.41) is 14.0. The Morgan fingerprint density at radius 1 is 1.32 bits per heavy atom. The zero-order chi connectivity index (χ0) is 15.9. The number of carbonyl (C=O) groups is 1. The average Bonchev–Trinajstić information content (AvgIpc) is 2.95. The summed E-state index contributed by atoms with van der Waals surface area (Å²) in [6.45, 7) is 0. The molecule has 0 saturated heterocycles. The predicted octanol–water partition coefficient (Wildman–Crippen LogP) is 3.63. The number of alkyl halides is 2. The smallest absolute Gasteiger partial charge is 0.288 e. The molecule has 1 amide bonds. The molecule has 0 aliphatic carbocycles. The van der Waals surface area contributed by atoms with E-state index in [-0.39, 0.29) is 11.7 Å². The first-order valence-electron chi connectivity index (χ1n) is 6.05. The van der Waals surface area contributed by atoms with Crippen molar-refractivity contribution in [3.8, 4) is 0 Å². The summed E-state index contributed by atoms with van der Waals surface area (Å²) in [5.41, 5.74) is 0.567. The number of amides is 1. The molecule has 0 fully saturated rings. The van der Waals surface area contributed by atoms with Crippen molar-refractivity contribution in [2.45, 2.75) is 15.0 Å². The first-order valence-corrected chi connectivity index (χ1v) is 8.74. The second-order valence-corrected chi connectivity index (χ2v) is 7.13. The van der Waals surface area contributed by atoms with Crippen molar-refractivity contribution in [3.63, 3.8) is 0 Å². The Balaban J connectivity index is 1.81. The molecule has 118 valence electrons. The molecule has 0 unspecified atom stereocenters. The quantitative estimate of drug-likeness (QED) is 0.733. The molecule has 1 aromatic heterocycles. The second kappa shape index (κ2) is 8.30. The molecule has 0 radical (unpaired) electrons. The van der Waals surface area contributed by atoms with Crippen LogP contribution >= 0.6 is 34.9 Å². The van der Waals surface area contributed by atoms with Gasteiger partial charge < -0.3 is 10.6 Å². The van der Waals surface area contributed by atoms with Crippen LogP contribution in [0.25, 0.3) is 0 Å². The van der Waals surface area contributed by atoms with Crippen LogP contribution in [0.1, 0.15) is 0 Å². The third kappa shape index (κ3) is 5.43. The molecule has 0 atom stereocenters. The van der Waals surface area contributed by atoms with E-state index in [1.165, 1.54) is 23.1 Å². The number of nitrogens with zero attached hydrogens (tertiary/aromatic N) is 2. The van der Waals surface area contributed by atoms with Gasteiger partial charge in [0.05, 0.1) is 5.75 Å². The predicted molar refractivity (Wildman–Crippen MR) is 87.1 cm³/mol. The van der Waals surface area contributed by atoms with Crippen LogP contribution in [-0.2, 0) is 4.79 Å². The van der Waals surface area contributed by atoms with Gasteiger partial charge in [0.2, 0.25) is 11.0 Å². The molecule has 1 aromatic carbocycles. The number of halogens is 2. The number of benzene rings is 1. The van der Waals surface area contributed by atoms with Crippen molar-refractivity contribution in [3.05, 3.63) is 24.3 Å². The molecule has 2 aromatic rings. The monoisotopic (exact) mass is 362 g/mol. The van der Waals surface area contributed by atoms with E-state index in [9.17, 15) is 13.6 Å². The van der Waals surface area contributed by atoms with Crippen molar-refractivity contribution < 1.29 is 13.6 Å². The van der Waals surface area contributed by atoms with Gasteiger partial charge >= 0.3 is 0 Å². The number of carbonyl (C=O) groups excluding carboxylic acids is 1. The van der Waals surface area contributed by atoms with Crippen LogP contribution in [0.15, 0.2) is 33.5 Å². The number of hydrogen-bond acceptors (Lipinski definition) is 7. The Labute approximate surface area is 138 Å². The minimum Gasteiger partial charge on any atom is -0.363 e. The molecule has 0 bridgehead atoms. The van der Waals surface area contributed by atoms with Crippen LogP contribution in [0.4, 0.5) is 19.6 Å². The van der Waals surface area contributed by atoms with Gasteiger partial charge in [-0.25, -0.2) is 0 Å². The van der Waals surface area contributed by atoms with Gasteiger partial charge in [-0.05, 0) is 24.3 Å². The lowest BCUT2D eigenvalue weighted by Gasteiger charge is -2.05. The van der Waals surface area contributed by atoms with E-state index in [1.807, 2.05) is 0 Å². The highest BCUT2D eigenvalue weighted by Crippen LogP contribution is 2.27. The zero-order valence-electron chi connectivity index (χ0n) is 11.4. The maximum absolute atomic E-state index is 12.2. The number of rotatable bonds is 7. The van der Waals surface area contributed by atoms with Gasteiger partial charge in [-0.3, -0.25) is 4.79 Å². The number of hydrogen-bond donors (Lipinski definition) is 2. The Hall–Kier alpha value is -1.39. The number of anilines is 2. The van der Waals surface area contributed by atoms with Crippen molar-refractivity contribution in [2.24, 2.45) is 0 Å². The zero-order valence-corrected chi connectivity index (χ0v) is 13.8. The van der Waals surface area contributed by atoms with Gasteiger partial charge in [0.25, 0.3) is 5.76 Å². The van der Waals surface area contributed by atoms with Gasteiger partial charge in [0, 0.05) is 17.6 Å². The Morgan fingerprint density at radius 3 is 2.64 bits per heavy atom.